The van der Waals surface area contributed by atoms with Crippen LogP contribution in [0.2, 0.25) is 0 Å². The van der Waals surface area contributed by atoms with Crippen LogP contribution in [0.25, 0.3) is 6.08 Å². The second-order valence-electron chi connectivity index (χ2n) is 7.60. The number of benzene rings is 2. The Morgan fingerprint density at radius 3 is 2.67 bits per heavy atom. The number of carbonyl (C=O) groups excluding carboxylic acids is 3. The monoisotopic (exact) mass is 495 g/mol. The van der Waals surface area contributed by atoms with Gasteiger partial charge in [0.2, 0.25) is 0 Å². The second-order valence-corrected chi connectivity index (χ2v) is 7.60. The Morgan fingerprint density at radius 1 is 1.22 bits per heavy atom. The van der Waals surface area contributed by atoms with Gasteiger partial charge in [0.25, 0.3) is 11.6 Å². The molecule has 0 saturated carbocycles. The van der Waals surface area contributed by atoms with Crippen LogP contribution < -0.4 is 14.8 Å². The van der Waals surface area contributed by atoms with E-state index in [2.05, 4.69) is 16.6 Å². The van der Waals surface area contributed by atoms with Crippen LogP contribution in [-0.4, -0.2) is 48.0 Å². The molecule has 2 aromatic rings. The third-order valence-electron chi connectivity index (χ3n) is 5.11. The summed E-state index contributed by atoms with van der Waals surface area (Å²) in [6.45, 7) is 5.45. The smallest absolute Gasteiger partial charge is 0.329 e. The molecular formula is C25H25N3O8. The van der Waals surface area contributed by atoms with Crippen molar-refractivity contribution < 1.29 is 33.5 Å². The number of nitrogens with zero attached hydrogens (tertiary/aromatic N) is 2. The van der Waals surface area contributed by atoms with Crippen molar-refractivity contribution in [3.63, 3.8) is 0 Å². The standard InChI is InChI=1S/C25H25N3O8/c1-4-7-18-10-17(12-20-24(30)27(25(31)26-20)14-22(29)34-3)13-21(35-5-2)23(18)36-15-16-8-6-9-19(11-16)28(32)33/h4,6,8-13H,1,5,7,14-15H2,2-3H3,(H,26,31)/b20-12+. The van der Waals surface area contributed by atoms with Gasteiger partial charge in [-0.15, -0.1) is 6.58 Å². The molecule has 1 saturated heterocycles. The number of nitro benzene ring substituents is 1. The van der Waals surface area contributed by atoms with Crippen molar-refractivity contribution in [3.05, 3.63) is 81.6 Å². The van der Waals surface area contributed by atoms with E-state index in [4.69, 9.17) is 9.47 Å². The molecular weight excluding hydrogens is 470 g/mol. The molecule has 0 atom stereocenters. The highest BCUT2D eigenvalue weighted by molar-refractivity contribution is 6.15. The predicted molar refractivity (Wildman–Crippen MR) is 129 cm³/mol. The molecule has 1 aliphatic heterocycles. The number of methoxy groups -OCH3 is 1. The summed E-state index contributed by atoms with van der Waals surface area (Å²) < 4.78 is 16.3. The lowest BCUT2D eigenvalue weighted by Gasteiger charge is -2.17. The molecule has 11 heteroatoms. The summed E-state index contributed by atoms with van der Waals surface area (Å²) in [5, 5.41) is 13.5. The van der Waals surface area contributed by atoms with E-state index in [-0.39, 0.29) is 18.0 Å². The van der Waals surface area contributed by atoms with Crippen LogP contribution in [0.15, 0.2) is 54.8 Å². The molecule has 0 aromatic heterocycles. The Kier molecular flexibility index (Phi) is 8.39. The number of hydrogen-bond acceptors (Lipinski definition) is 8. The Hall–Kier alpha value is -4.67. The van der Waals surface area contributed by atoms with Gasteiger partial charge in [-0.25, -0.2) is 9.69 Å². The largest absolute Gasteiger partial charge is 0.490 e. The minimum Gasteiger partial charge on any atom is -0.490 e. The second kappa shape index (κ2) is 11.6. The number of amides is 3. The van der Waals surface area contributed by atoms with Crippen molar-refractivity contribution >= 4 is 29.7 Å². The van der Waals surface area contributed by atoms with E-state index < -0.39 is 29.4 Å². The van der Waals surface area contributed by atoms with E-state index in [9.17, 15) is 24.5 Å². The molecule has 1 N–H and O–H groups in total. The zero-order chi connectivity index (χ0) is 26.2. The topological polar surface area (TPSA) is 137 Å². The van der Waals surface area contributed by atoms with E-state index in [0.717, 1.165) is 12.0 Å². The summed E-state index contributed by atoms with van der Waals surface area (Å²) >= 11 is 0. The Morgan fingerprint density at radius 2 is 2.00 bits per heavy atom. The average molecular weight is 495 g/mol. The number of allylic oxidation sites excluding steroid dienone is 1. The van der Waals surface area contributed by atoms with Crippen LogP contribution in [0.5, 0.6) is 11.5 Å². The summed E-state index contributed by atoms with van der Waals surface area (Å²) in [5.41, 5.74) is 1.78. The summed E-state index contributed by atoms with van der Waals surface area (Å²) in [6.07, 6.45) is 3.54. The molecule has 36 heavy (non-hydrogen) atoms. The maximum absolute atomic E-state index is 12.6. The minimum absolute atomic E-state index is 0.0128. The van der Waals surface area contributed by atoms with Gasteiger partial charge in [-0.2, -0.15) is 0 Å². The van der Waals surface area contributed by atoms with Gasteiger partial charge in [0, 0.05) is 17.7 Å². The Balaban J connectivity index is 1.93. The number of non-ortho nitro benzene ring substituents is 1. The van der Waals surface area contributed by atoms with Gasteiger partial charge in [-0.1, -0.05) is 18.2 Å². The number of nitrogens with one attached hydrogen (secondary N) is 1. The first kappa shape index (κ1) is 25.9. The van der Waals surface area contributed by atoms with Crippen molar-refractivity contribution in [1.82, 2.24) is 10.2 Å². The van der Waals surface area contributed by atoms with Gasteiger partial charge in [-0.3, -0.25) is 19.7 Å². The number of urea groups is 1. The maximum atomic E-state index is 12.6. The molecule has 0 bridgehead atoms. The fraction of sp³-hybridized carbons (Fsp3) is 0.240. The molecule has 0 unspecified atom stereocenters. The summed E-state index contributed by atoms with van der Waals surface area (Å²) in [4.78, 5) is 47.7. The first-order valence-corrected chi connectivity index (χ1v) is 11.0. The Bertz CT molecular complexity index is 1240. The highest BCUT2D eigenvalue weighted by Gasteiger charge is 2.35. The van der Waals surface area contributed by atoms with Gasteiger partial charge < -0.3 is 19.5 Å². The van der Waals surface area contributed by atoms with Gasteiger partial charge in [0.05, 0.1) is 18.6 Å². The van der Waals surface area contributed by atoms with E-state index in [1.165, 1.54) is 18.2 Å². The van der Waals surface area contributed by atoms with Gasteiger partial charge in [0.1, 0.15) is 18.8 Å². The fourth-order valence-corrected chi connectivity index (χ4v) is 3.49. The maximum Gasteiger partial charge on any atom is 0.329 e. The normalized spacial score (nSPS) is 13.9. The molecule has 0 aliphatic carbocycles. The summed E-state index contributed by atoms with van der Waals surface area (Å²) in [6, 6.07) is 8.79. The van der Waals surface area contributed by atoms with Crippen molar-refractivity contribution in [1.29, 1.82) is 0 Å². The van der Waals surface area contributed by atoms with Crippen LogP contribution in [0, 0.1) is 10.1 Å². The molecule has 3 rings (SSSR count). The molecule has 188 valence electrons. The SMILES string of the molecule is C=CCc1cc(/C=C2/NC(=O)N(CC(=O)OC)C2=O)cc(OCC)c1OCc1cccc([N+](=O)[O-])c1. The lowest BCUT2D eigenvalue weighted by molar-refractivity contribution is -0.384. The fourth-order valence-electron chi connectivity index (χ4n) is 3.49. The van der Waals surface area contributed by atoms with E-state index >= 15 is 0 Å². The van der Waals surface area contributed by atoms with Crippen molar-refractivity contribution in [2.24, 2.45) is 0 Å². The van der Waals surface area contributed by atoms with E-state index in [1.54, 1.807) is 37.3 Å². The first-order valence-electron chi connectivity index (χ1n) is 11.0. The summed E-state index contributed by atoms with van der Waals surface area (Å²) in [7, 11) is 1.16. The van der Waals surface area contributed by atoms with Crippen molar-refractivity contribution in [2.75, 3.05) is 20.3 Å². The quantitative estimate of drug-likeness (QED) is 0.125. The number of esters is 1. The molecule has 11 nitrogen and oxygen atoms in total. The lowest BCUT2D eigenvalue weighted by Crippen LogP contribution is -2.36. The van der Waals surface area contributed by atoms with Crippen LogP contribution >= 0.6 is 0 Å². The number of carbonyl (C=O) groups is 3. The van der Waals surface area contributed by atoms with E-state index in [0.29, 0.717) is 41.2 Å². The molecule has 1 fully saturated rings. The molecule has 1 heterocycles. The lowest BCUT2D eigenvalue weighted by atomic mass is 10.0. The van der Waals surface area contributed by atoms with Crippen LogP contribution in [0.4, 0.5) is 10.5 Å². The third kappa shape index (κ3) is 6.06. The molecule has 3 amide bonds. The van der Waals surface area contributed by atoms with E-state index in [1.807, 2.05) is 0 Å². The number of imide groups is 1. The van der Waals surface area contributed by atoms with Crippen molar-refractivity contribution in [2.45, 2.75) is 20.0 Å². The zero-order valence-electron chi connectivity index (χ0n) is 19.8. The molecule has 0 radical (unpaired) electrons. The highest BCUT2D eigenvalue weighted by atomic mass is 16.6. The van der Waals surface area contributed by atoms with Crippen LogP contribution in [0.3, 0.4) is 0 Å². The number of nitro groups is 1. The van der Waals surface area contributed by atoms with Crippen LogP contribution in [0.1, 0.15) is 23.6 Å². The predicted octanol–water partition coefficient (Wildman–Crippen LogP) is 3.37. The summed E-state index contributed by atoms with van der Waals surface area (Å²) in [5.74, 6) is -0.576. The zero-order valence-corrected chi connectivity index (χ0v) is 19.8. The van der Waals surface area contributed by atoms with Crippen molar-refractivity contribution in [3.8, 4) is 11.5 Å². The van der Waals surface area contributed by atoms with Crippen LogP contribution in [-0.2, 0) is 27.4 Å². The number of ether oxygens (including phenoxy) is 3. The number of rotatable bonds is 11. The Labute approximate surface area is 207 Å². The van der Waals surface area contributed by atoms with Gasteiger partial charge in [0.15, 0.2) is 11.5 Å². The molecule has 1 aliphatic rings. The van der Waals surface area contributed by atoms with Gasteiger partial charge in [-0.05, 0) is 42.7 Å². The average Bonchev–Trinajstić information content (AvgIpc) is 3.11. The third-order valence-corrected chi connectivity index (χ3v) is 5.11. The number of hydrogen-bond donors (Lipinski definition) is 1. The highest BCUT2D eigenvalue weighted by Crippen LogP contribution is 2.35. The molecule has 2 aromatic carbocycles. The minimum atomic E-state index is -0.732. The first-order chi connectivity index (χ1) is 17.3. The van der Waals surface area contributed by atoms with Gasteiger partial charge >= 0.3 is 12.0 Å². The molecule has 0 spiro atoms.